The lowest BCUT2D eigenvalue weighted by Crippen LogP contribution is -2.51. The number of amides is 1. The number of aliphatic hydroxyl groups excluding tert-OH is 1. The average molecular weight is 360 g/mol. The van der Waals surface area contributed by atoms with Gasteiger partial charge >= 0.3 is 0 Å². The van der Waals surface area contributed by atoms with Crippen LogP contribution in [-0.4, -0.2) is 28.9 Å². The van der Waals surface area contributed by atoms with Crippen molar-refractivity contribution < 1.29 is 9.90 Å². The quantitative estimate of drug-likeness (QED) is 0.732. The third kappa shape index (κ3) is 4.79. The molecule has 0 bridgehead atoms. The van der Waals surface area contributed by atoms with Crippen LogP contribution in [0.1, 0.15) is 32.3 Å². The highest BCUT2D eigenvalue weighted by molar-refractivity contribution is 9.10. The molecule has 0 unspecified atom stereocenters. The van der Waals surface area contributed by atoms with Crippen LogP contribution in [0.2, 0.25) is 0 Å². The van der Waals surface area contributed by atoms with Gasteiger partial charge in [-0.25, -0.2) is 0 Å². The van der Waals surface area contributed by atoms with Crippen molar-refractivity contribution in [1.29, 1.82) is 0 Å². The molecule has 3 nitrogen and oxygen atoms in total. The molecule has 0 aliphatic rings. The van der Waals surface area contributed by atoms with Crippen molar-refractivity contribution in [2.45, 2.75) is 44.0 Å². The maximum absolute atomic E-state index is 12.0. The van der Waals surface area contributed by atoms with Gasteiger partial charge < -0.3 is 10.4 Å². The average Bonchev–Trinajstić information content (AvgIpc) is 2.44. The lowest BCUT2D eigenvalue weighted by atomic mass is 9.94. The minimum absolute atomic E-state index is 0.0201. The van der Waals surface area contributed by atoms with E-state index in [9.17, 15) is 9.90 Å². The topological polar surface area (TPSA) is 49.3 Å². The van der Waals surface area contributed by atoms with E-state index in [1.165, 1.54) is 11.8 Å². The maximum atomic E-state index is 12.0. The third-order valence-electron chi connectivity index (χ3n) is 3.56. The highest BCUT2D eigenvalue weighted by atomic mass is 79.9. The summed E-state index contributed by atoms with van der Waals surface area (Å²) < 4.78 is 1.04. The van der Waals surface area contributed by atoms with E-state index in [1.54, 1.807) is 0 Å². The first-order chi connectivity index (χ1) is 9.46. The van der Waals surface area contributed by atoms with Gasteiger partial charge in [-0.15, -0.1) is 11.8 Å². The van der Waals surface area contributed by atoms with Crippen LogP contribution in [0.5, 0.6) is 0 Å². The Morgan fingerprint density at radius 3 is 2.55 bits per heavy atom. The van der Waals surface area contributed by atoms with Crippen LogP contribution >= 0.6 is 27.7 Å². The summed E-state index contributed by atoms with van der Waals surface area (Å²) >= 11 is 4.95. The monoisotopic (exact) mass is 359 g/mol. The number of hydrogen-bond donors (Lipinski definition) is 2. The minimum atomic E-state index is -0.480. The predicted molar refractivity (Wildman–Crippen MR) is 88.1 cm³/mol. The number of carbonyl (C=O) groups is 1. The normalized spacial score (nSPS) is 11.4. The maximum Gasteiger partial charge on any atom is 0.230 e. The number of carbonyl (C=O) groups excluding carboxylic acids is 1. The van der Waals surface area contributed by atoms with Crippen molar-refractivity contribution in [3.63, 3.8) is 0 Å². The Morgan fingerprint density at radius 1 is 1.40 bits per heavy atom. The molecule has 1 amide bonds. The van der Waals surface area contributed by atoms with Crippen LogP contribution in [0.25, 0.3) is 0 Å². The van der Waals surface area contributed by atoms with Gasteiger partial charge in [-0.2, -0.15) is 0 Å². The summed E-state index contributed by atoms with van der Waals surface area (Å²) in [7, 11) is 0. The van der Waals surface area contributed by atoms with Crippen LogP contribution in [0.4, 0.5) is 0 Å². The van der Waals surface area contributed by atoms with E-state index >= 15 is 0 Å². The largest absolute Gasteiger partial charge is 0.394 e. The smallest absolute Gasteiger partial charge is 0.230 e. The number of aryl methyl sites for hydroxylation is 1. The number of benzene rings is 1. The highest BCUT2D eigenvalue weighted by Gasteiger charge is 2.26. The molecule has 1 aromatic rings. The molecule has 0 saturated carbocycles. The number of hydrogen-bond acceptors (Lipinski definition) is 3. The summed E-state index contributed by atoms with van der Waals surface area (Å²) in [6.07, 6.45) is 1.46. The number of halogens is 1. The zero-order valence-electron chi connectivity index (χ0n) is 12.2. The molecule has 0 radical (unpaired) electrons. The van der Waals surface area contributed by atoms with Crippen LogP contribution in [0, 0.1) is 6.92 Å². The summed E-state index contributed by atoms with van der Waals surface area (Å²) in [5.41, 5.74) is 0.670. The zero-order chi connectivity index (χ0) is 15.2. The Balaban J connectivity index is 2.59. The SMILES string of the molecule is CCC(CC)(CO)NC(=O)CSc1ccc(Br)cc1C. The summed E-state index contributed by atoms with van der Waals surface area (Å²) in [6, 6.07) is 6.02. The molecule has 0 atom stereocenters. The number of nitrogens with one attached hydrogen (secondary N) is 1. The van der Waals surface area contributed by atoms with Crippen LogP contribution in [0.3, 0.4) is 0 Å². The molecular formula is C15H22BrNO2S. The molecule has 0 heterocycles. The molecule has 0 saturated heterocycles. The molecule has 1 rings (SSSR count). The number of aliphatic hydroxyl groups is 1. The Labute approximate surface area is 133 Å². The lowest BCUT2D eigenvalue weighted by Gasteiger charge is -2.30. The molecule has 2 N–H and O–H groups in total. The molecule has 0 fully saturated rings. The van der Waals surface area contributed by atoms with Crippen molar-refractivity contribution in [2.24, 2.45) is 0 Å². The highest BCUT2D eigenvalue weighted by Crippen LogP contribution is 2.25. The second-order valence-electron chi connectivity index (χ2n) is 4.89. The van der Waals surface area contributed by atoms with Gasteiger partial charge in [-0.05, 0) is 43.5 Å². The van der Waals surface area contributed by atoms with E-state index in [2.05, 4.69) is 21.2 Å². The van der Waals surface area contributed by atoms with Crippen molar-refractivity contribution in [2.75, 3.05) is 12.4 Å². The standard InChI is InChI=1S/C15H22BrNO2S/c1-4-15(5-2,10-18)17-14(19)9-20-13-7-6-12(16)8-11(13)3/h6-8,18H,4-5,9-10H2,1-3H3,(H,17,19). The second kappa shape index (κ2) is 8.05. The molecule has 5 heteroatoms. The van der Waals surface area contributed by atoms with Gasteiger partial charge in [0.25, 0.3) is 0 Å². The van der Waals surface area contributed by atoms with E-state index in [0.717, 1.165) is 27.8 Å². The van der Waals surface area contributed by atoms with E-state index in [0.29, 0.717) is 5.75 Å². The summed E-state index contributed by atoms with van der Waals surface area (Å²) in [4.78, 5) is 13.1. The Hall–Kier alpha value is -0.520. The Morgan fingerprint density at radius 2 is 2.05 bits per heavy atom. The first-order valence-electron chi connectivity index (χ1n) is 6.77. The molecule has 1 aromatic carbocycles. The Kier molecular flexibility index (Phi) is 7.06. The van der Waals surface area contributed by atoms with Crippen LogP contribution in [0.15, 0.2) is 27.6 Å². The van der Waals surface area contributed by atoms with Gasteiger partial charge in [0.2, 0.25) is 5.91 Å². The molecule has 112 valence electrons. The van der Waals surface area contributed by atoms with Gasteiger partial charge in [0.05, 0.1) is 17.9 Å². The van der Waals surface area contributed by atoms with E-state index in [4.69, 9.17) is 0 Å². The summed E-state index contributed by atoms with van der Waals surface area (Å²) in [5.74, 6) is 0.333. The van der Waals surface area contributed by atoms with Crippen molar-refractivity contribution in [3.8, 4) is 0 Å². The summed E-state index contributed by atoms with van der Waals surface area (Å²) in [6.45, 7) is 5.97. The molecule has 0 aromatic heterocycles. The fourth-order valence-corrected chi connectivity index (χ4v) is 3.22. The predicted octanol–water partition coefficient (Wildman–Crippen LogP) is 3.52. The lowest BCUT2D eigenvalue weighted by molar-refractivity contribution is -0.121. The van der Waals surface area contributed by atoms with Crippen LogP contribution < -0.4 is 5.32 Å². The van der Waals surface area contributed by atoms with Gasteiger partial charge in [-0.1, -0.05) is 29.8 Å². The Bertz CT molecular complexity index is 453. The fraction of sp³-hybridized carbons (Fsp3) is 0.533. The first-order valence-corrected chi connectivity index (χ1v) is 8.55. The van der Waals surface area contributed by atoms with Crippen molar-refractivity contribution in [3.05, 3.63) is 28.2 Å². The van der Waals surface area contributed by atoms with E-state index in [1.807, 2.05) is 39.0 Å². The number of thioether (sulfide) groups is 1. The molecule has 0 spiro atoms. The molecule has 0 aliphatic heterocycles. The van der Waals surface area contributed by atoms with Gasteiger partial charge in [0, 0.05) is 9.37 Å². The number of rotatable bonds is 7. The third-order valence-corrected chi connectivity index (χ3v) is 5.23. The minimum Gasteiger partial charge on any atom is -0.394 e. The first kappa shape index (κ1) is 17.5. The molecule has 20 heavy (non-hydrogen) atoms. The summed E-state index contributed by atoms with van der Waals surface area (Å²) in [5, 5.41) is 12.4. The van der Waals surface area contributed by atoms with Gasteiger partial charge in [0.1, 0.15) is 0 Å². The van der Waals surface area contributed by atoms with Crippen LogP contribution in [-0.2, 0) is 4.79 Å². The second-order valence-corrected chi connectivity index (χ2v) is 6.83. The van der Waals surface area contributed by atoms with Gasteiger partial charge in [-0.3, -0.25) is 4.79 Å². The van der Waals surface area contributed by atoms with E-state index in [-0.39, 0.29) is 12.5 Å². The fourth-order valence-electron chi connectivity index (χ4n) is 1.94. The van der Waals surface area contributed by atoms with E-state index < -0.39 is 5.54 Å². The zero-order valence-corrected chi connectivity index (χ0v) is 14.6. The molecular weight excluding hydrogens is 338 g/mol. The van der Waals surface area contributed by atoms with Crippen molar-refractivity contribution >= 4 is 33.6 Å². The molecule has 0 aliphatic carbocycles. The van der Waals surface area contributed by atoms with Crippen molar-refractivity contribution in [1.82, 2.24) is 5.32 Å². The van der Waals surface area contributed by atoms with Gasteiger partial charge in [0.15, 0.2) is 0 Å².